The van der Waals surface area contributed by atoms with E-state index in [1.807, 2.05) is 0 Å². The second-order valence-corrected chi connectivity index (χ2v) is 11.4. The first-order valence-corrected chi connectivity index (χ1v) is 13.8. The molecular weight excluding hydrogens is 444 g/mol. The summed E-state index contributed by atoms with van der Waals surface area (Å²) in [5, 5.41) is 0. The molecule has 0 saturated carbocycles. The van der Waals surface area contributed by atoms with E-state index in [4.69, 9.17) is 0 Å². The number of allylic oxidation sites excluding steroid dienone is 7. The molecule has 3 aromatic rings. The highest BCUT2D eigenvalue weighted by Gasteiger charge is 2.27. The van der Waals surface area contributed by atoms with Crippen molar-refractivity contribution in [2.75, 3.05) is 0 Å². The van der Waals surface area contributed by atoms with Crippen LogP contribution in [0.15, 0.2) is 120 Å². The van der Waals surface area contributed by atoms with E-state index in [0.717, 1.165) is 18.4 Å². The minimum Gasteiger partial charge on any atom is -0.0906 e. The maximum Gasteiger partial charge on any atom is -0.00549 e. The van der Waals surface area contributed by atoms with Gasteiger partial charge in [0.15, 0.2) is 0 Å². The van der Waals surface area contributed by atoms with Crippen LogP contribution in [0.1, 0.15) is 70.1 Å². The van der Waals surface area contributed by atoms with Crippen LogP contribution in [0.2, 0.25) is 0 Å². The fourth-order valence-corrected chi connectivity index (χ4v) is 5.46. The standard InChI is InChI=1S/C37H42/c1-7-34(28(3)31-20-22-33(23-21-31)32-18-9-8-10-19-32)35-25-30(26-36(35)37(4,5)6)16-12-11-15-29-17-13-14-27(2)24-29/h7-10,13-14,17-24,26H,3,11-12,15-16,25H2,1-2,4-6H3/b34-7-. The molecule has 3 aromatic carbocycles. The average molecular weight is 487 g/mol. The number of hydrogen-bond donors (Lipinski definition) is 0. The largest absolute Gasteiger partial charge is 0.0906 e. The van der Waals surface area contributed by atoms with E-state index in [0.29, 0.717) is 0 Å². The second kappa shape index (κ2) is 11.8. The lowest BCUT2D eigenvalue weighted by Crippen LogP contribution is -2.09. The highest BCUT2D eigenvalue weighted by Crippen LogP contribution is 2.44. The Kier molecular flexibility index (Phi) is 8.49. The molecule has 1 aliphatic carbocycles. The summed E-state index contributed by atoms with van der Waals surface area (Å²) >= 11 is 0. The molecule has 0 atom stereocenters. The van der Waals surface area contributed by atoms with Crippen LogP contribution in [-0.4, -0.2) is 0 Å². The monoisotopic (exact) mass is 486 g/mol. The molecule has 0 nitrogen and oxygen atoms in total. The van der Waals surface area contributed by atoms with Gasteiger partial charge in [-0.05, 0) is 95.9 Å². The molecule has 0 bridgehead atoms. The molecule has 190 valence electrons. The molecule has 0 fully saturated rings. The Labute approximate surface area is 225 Å². The number of unbranched alkanes of at least 4 members (excludes halogenated alkanes) is 1. The molecule has 37 heavy (non-hydrogen) atoms. The summed E-state index contributed by atoms with van der Waals surface area (Å²) in [5.74, 6) is 0. The Morgan fingerprint density at radius 1 is 0.838 bits per heavy atom. The summed E-state index contributed by atoms with van der Waals surface area (Å²) in [7, 11) is 0. The van der Waals surface area contributed by atoms with E-state index in [1.54, 1.807) is 5.57 Å². The molecule has 0 saturated heterocycles. The highest BCUT2D eigenvalue weighted by molar-refractivity contribution is 5.84. The van der Waals surface area contributed by atoms with Crippen molar-refractivity contribution in [1.82, 2.24) is 0 Å². The lowest BCUT2D eigenvalue weighted by atomic mass is 9.81. The number of rotatable bonds is 9. The van der Waals surface area contributed by atoms with Crippen LogP contribution in [0.3, 0.4) is 0 Å². The summed E-state index contributed by atoms with van der Waals surface area (Å²) in [6.45, 7) is 15.9. The lowest BCUT2D eigenvalue weighted by Gasteiger charge is -2.24. The molecule has 0 amide bonds. The predicted molar refractivity (Wildman–Crippen MR) is 163 cm³/mol. The normalized spacial score (nSPS) is 14.2. The number of aryl methyl sites for hydroxylation is 2. The lowest BCUT2D eigenvalue weighted by molar-refractivity contribution is 0.514. The van der Waals surface area contributed by atoms with Crippen LogP contribution < -0.4 is 0 Å². The van der Waals surface area contributed by atoms with Crippen molar-refractivity contribution in [3.8, 4) is 11.1 Å². The van der Waals surface area contributed by atoms with Crippen molar-refractivity contribution in [2.24, 2.45) is 5.41 Å². The van der Waals surface area contributed by atoms with Crippen molar-refractivity contribution < 1.29 is 0 Å². The van der Waals surface area contributed by atoms with Gasteiger partial charge in [0.05, 0.1) is 0 Å². The van der Waals surface area contributed by atoms with Gasteiger partial charge in [-0.3, -0.25) is 0 Å². The van der Waals surface area contributed by atoms with E-state index in [9.17, 15) is 0 Å². The van der Waals surface area contributed by atoms with Crippen LogP contribution >= 0.6 is 0 Å². The van der Waals surface area contributed by atoms with Gasteiger partial charge < -0.3 is 0 Å². The molecular formula is C37H42. The van der Waals surface area contributed by atoms with Gasteiger partial charge in [-0.15, -0.1) is 0 Å². The maximum atomic E-state index is 4.58. The van der Waals surface area contributed by atoms with E-state index in [2.05, 4.69) is 132 Å². The molecule has 0 N–H and O–H groups in total. The average Bonchev–Trinajstić information content (AvgIpc) is 3.32. The fraction of sp³-hybridized carbons (Fsp3) is 0.297. The van der Waals surface area contributed by atoms with E-state index in [1.165, 1.54) is 63.8 Å². The first kappa shape index (κ1) is 26.7. The van der Waals surface area contributed by atoms with Crippen molar-refractivity contribution in [1.29, 1.82) is 0 Å². The first-order chi connectivity index (χ1) is 17.8. The van der Waals surface area contributed by atoms with Gasteiger partial charge in [-0.25, -0.2) is 0 Å². The third kappa shape index (κ3) is 6.69. The molecule has 0 heterocycles. The van der Waals surface area contributed by atoms with Gasteiger partial charge in [0.25, 0.3) is 0 Å². The van der Waals surface area contributed by atoms with Crippen LogP contribution in [0, 0.1) is 12.3 Å². The van der Waals surface area contributed by atoms with E-state index >= 15 is 0 Å². The molecule has 0 radical (unpaired) electrons. The van der Waals surface area contributed by atoms with Crippen molar-refractivity contribution in [3.05, 3.63) is 137 Å². The third-order valence-corrected chi connectivity index (χ3v) is 7.46. The minimum atomic E-state index is 0.102. The topological polar surface area (TPSA) is 0 Å². The quantitative estimate of drug-likeness (QED) is 0.208. The second-order valence-electron chi connectivity index (χ2n) is 11.4. The van der Waals surface area contributed by atoms with E-state index in [-0.39, 0.29) is 5.41 Å². The Morgan fingerprint density at radius 3 is 2.16 bits per heavy atom. The summed E-state index contributed by atoms with van der Waals surface area (Å²) < 4.78 is 0. The smallest absolute Gasteiger partial charge is 0.00549 e. The first-order valence-electron chi connectivity index (χ1n) is 13.8. The molecule has 1 aliphatic rings. The maximum absolute atomic E-state index is 4.58. The summed E-state index contributed by atoms with van der Waals surface area (Å²) in [4.78, 5) is 0. The molecule has 0 unspecified atom stereocenters. The summed E-state index contributed by atoms with van der Waals surface area (Å²) in [5.41, 5.74) is 13.5. The number of benzene rings is 3. The van der Waals surface area contributed by atoms with Gasteiger partial charge in [0.2, 0.25) is 0 Å². The Hall–Kier alpha value is -3.38. The zero-order chi connectivity index (χ0) is 26.4. The highest BCUT2D eigenvalue weighted by atomic mass is 14.3. The van der Waals surface area contributed by atoms with Gasteiger partial charge in [0, 0.05) is 0 Å². The van der Waals surface area contributed by atoms with Crippen LogP contribution in [0.4, 0.5) is 0 Å². The minimum absolute atomic E-state index is 0.102. The molecule has 4 rings (SSSR count). The van der Waals surface area contributed by atoms with Crippen molar-refractivity contribution in [2.45, 2.75) is 66.7 Å². The van der Waals surface area contributed by atoms with Crippen molar-refractivity contribution in [3.63, 3.8) is 0 Å². The Morgan fingerprint density at radius 2 is 1.51 bits per heavy atom. The molecule has 0 heteroatoms. The SMILES string of the molecule is C=C(/C(=C/C)C1=C(C(C)(C)C)C=C(CCCCc2cccc(C)c2)C1)c1ccc(-c2ccccc2)cc1. The Bertz CT molecular complexity index is 1320. The van der Waals surface area contributed by atoms with Gasteiger partial charge in [0.1, 0.15) is 0 Å². The van der Waals surface area contributed by atoms with Crippen molar-refractivity contribution >= 4 is 5.57 Å². The summed E-state index contributed by atoms with van der Waals surface area (Å²) in [6.07, 6.45) is 10.6. The van der Waals surface area contributed by atoms with Crippen LogP contribution in [-0.2, 0) is 6.42 Å². The van der Waals surface area contributed by atoms with E-state index < -0.39 is 0 Å². The zero-order valence-electron chi connectivity index (χ0n) is 23.4. The number of hydrogen-bond acceptors (Lipinski definition) is 0. The summed E-state index contributed by atoms with van der Waals surface area (Å²) in [6, 6.07) is 28.4. The third-order valence-electron chi connectivity index (χ3n) is 7.46. The zero-order valence-corrected chi connectivity index (χ0v) is 23.4. The van der Waals surface area contributed by atoms with Gasteiger partial charge in [-0.2, -0.15) is 0 Å². The Balaban J connectivity index is 1.45. The van der Waals surface area contributed by atoms with Gasteiger partial charge in [-0.1, -0.05) is 130 Å². The van der Waals surface area contributed by atoms with Crippen LogP contribution in [0.5, 0.6) is 0 Å². The van der Waals surface area contributed by atoms with Crippen LogP contribution in [0.25, 0.3) is 16.7 Å². The van der Waals surface area contributed by atoms with Gasteiger partial charge >= 0.3 is 0 Å². The predicted octanol–water partition coefficient (Wildman–Crippen LogP) is 10.7. The fourth-order valence-electron chi connectivity index (χ4n) is 5.46. The molecule has 0 aromatic heterocycles. The molecule has 0 spiro atoms. The molecule has 0 aliphatic heterocycles.